The van der Waals surface area contributed by atoms with Crippen molar-refractivity contribution in [3.05, 3.63) is 0 Å². The third-order valence-electron chi connectivity index (χ3n) is 5.13. The minimum Gasteiger partial charge on any atom is -0.481 e. The predicted octanol–water partition coefficient (Wildman–Crippen LogP) is 3.07. The summed E-state index contributed by atoms with van der Waals surface area (Å²) in [4.78, 5) is 11.0. The van der Waals surface area contributed by atoms with Crippen LogP contribution in [-0.4, -0.2) is 11.1 Å². The highest BCUT2D eigenvalue weighted by Gasteiger charge is 2.51. The molecule has 0 aromatic heterocycles. The number of aliphatic carboxylic acids is 1. The number of rotatable bonds is 2. The molecule has 15 heavy (non-hydrogen) atoms. The maximum absolute atomic E-state index is 11.0. The Morgan fingerprint density at radius 1 is 1.20 bits per heavy atom. The Labute approximate surface area is 91.1 Å². The summed E-state index contributed by atoms with van der Waals surface area (Å²) in [5.41, 5.74) is 0.213. The second-order valence-electron chi connectivity index (χ2n) is 6.24. The van der Waals surface area contributed by atoms with Gasteiger partial charge in [-0.15, -0.1) is 0 Å². The van der Waals surface area contributed by atoms with Crippen LogP contribution >= 0.6 is 0 Å². The number of hydrogen-bond donors (Lipinski definition) is 1. The Morgan fingerprint density at radius 2 is 2.00 bits per heavy atom. The number of carboxylic acid groups (broad SMARTS) is 1. The van der Waals surface area contributed by atoms with Crippen molar-refractivity contribution in [3.8, 4) is 0 Å². The van der Waals surface area contributed by atoms with Crippen LogP contribution in [0.2, 0.25) is 0 Å². The molecule has 2 nitrogen and oxygen atoms in total. The highest BCUT2D eigenvalue weighted by molar-refractivity contribution is 5.67. The molecule has 0 heterocycles. The minimum absolute atomic E-state index is 0.213. The van der Waals surface area contributed by atoms with Crippen LogP contribution in [0.3, 0.4) is 0 Å². The summed E-state index contributed by atoms with van der Waals surface area (Å²) in [6.07, 6.45) is 9.65. The molecule has 0 radical (unpaired) electrons. The van der Waals surface area contributed by atoms with Crippen LogP contribution in [0.1, 0.15) is 51.4 Å². The summed E-state index contributed by atoms with van der Waals surface area (Å²) in [6, 6.07) is 0. The normalized spacial score (nSPS) is 47.9. The van der Waals surface area contributed by atoms with E-state index in [0.29, 0.717) is 6.42 Å². The fourth-order valence-electron chi connectivity index (χ4n) is 4.86. The van der Waals surface area contributed by atoms with Gasteiger partial charge in [0.25, 0.3) is 0 Å². The zero-order valence-electron chi connectivity index (χ0n) is 9.24. The molecule has 3 aliphatic rings. The molecule has 0 aromatic rings. The third kappa shape index (κ3) is 1.58. The number of carboxylic acids is 1. The summed E-state index contributed by atoms with van der Waals surface area (Å²) in [6.45, 7) is 0. The Morgan fingerprint density at radius 3 is 2.80 bits per heavy atom. The van der Waals surface area contributed by atoms with Gasteiger partial charge in [-0.05, 0) is 48.9 Å². The molecule has 0 aliphatic heterocycles. The fraction of sp³-hybridized carbons (Fsp3) is 0.923. The molecule has 3 bridgehead atoms. The quantitative estimate of drug-likeness (QED) is 0.757. The highest BCUT2D eigenvalue weighted by atomic mass is 16.4. The van der Waals surface area contributed by atoms with E-state index >= 15 is 0 Å². The van der Waals surface area contributed by atoms with Gasteiger partial charge in [0.15, 0.2) is 0 Å². The molecule has 0 amide bonds. The van der Waals surface area contributed by atoms with Crippen molar-refractivity contribution in [2.75, 3.05) is 0 Å². The summed E-state index contributed by atoms with van der Waals surface area (Å²) in [7, 11) is 0. The molecule has 3 aliphatic carbocycles. The van der Waals surface area contributed by atoms with Crippen molar-refractivity contribution in [1.82, 2.24) is 0 Å². The van der Waals surface area contributed by atoms with Crippen molar-refractivity contribution in [2.45, 2.75) is 51.4 Å². The van der Waals surface area contributed by atoms with Crippen LogP contribution in [0.5, 0.6) is 0 Å². The molecule has 4 atom stereocenters. The lowest BCUT2D eigenvalue weighted by atomic mass is 9.68. The van der Waals surface area contributed by atoms with Crippen LogP contribution < -0.4 is 0 Å². The lowest BCUT2D eigenvalue weighted by Crippen LogP contribution is -2.29. The number of hydrogen-bond acceptors (Lipinski definition) is 1. The van der Waals surface area contributed by atoms with Gasteiger partial charge < -0.3 is 5.11 Å². The van der Waals surface area contributed by atoms with Crippen LogP contribution in [0.4, 0.5) is 0 Å². The van der Waals surface area contributed by atoms with Gasteiger partial charge >= 0.3 is 5.97 Å². The second kappa shape index (κ2) is 3.23. The van der Waals surface area contributed by atoms with Gasteiger partial charge in [0, 0.05) is 0 Å². The van der Waals surface area contributed by atoms with Gasteiger partial charge in [0.05, 0.1) is 6.42 Å². The van der Waals surface area contributed by atoms with Crippen LogP contribution in [0.25, 0.3) is 0 Å². The van der Waals surface area contributed by atoms with E-state index in [4.69, 9.17) is 5.11 Å². The van der Waals surface area contributed by atoms with E-state index in [1.807, 2.05) is 0 Å². The third-order valence-corrected chi connectivity index (χ3v) is 5.13. The van der Waals surface area contributed by atoms with Crippen LogP contribution in [-0.2, 0) is 4.79 Å². The van der Waals surface area contributed by atoms with E-state index in [2.05, 4.69) is 0 Å². The molecule has 0 saturated heterocycles. The molecule has 84 valence electrons. The maximum atomic E-state index is 11.0. The monoisotopic (exact) mass is 208 g/mol. The fourth-order valence-corrected chi connectivity index (χ4v) is 4.86. The lowest BCUT2D eigenvalue weighted by molar-refractivity contribution is -0.140. The first-order valence-corrected chi connectivity index (χ1v) is 6.39. The Bertz CT molecular complexity index is 282. The summed E-state index contributed by atoms with van der Waals surface area (Å²) < 4.78 is 0. The molecule has 1 N–H and O–H groups in total. The van der Waals surface area contributed by atoms with Gasteiger partial charge in [-0.3, -0.25) is 4.79 Å². The Balaban J connectivity index is 1.85. The van der Waals surface area contributed by atoms with Crippen molar-refractivity contribution in [3.63, 3.8) is 0 Å². The standard InChI is InChI=1S/C13H20O2/c14-12(15)8-13-5-9-2-1-3-10(6-13)11(4-9)7-13/h9-11H,1-8H2,(H,14,15). The zero-order chi connectivity index (χ0) is 10.5. The number of carbonyl (C=O) groups is 1. The van der Waals surface area contributed by atoms with Crippen molar-refractivity contribution >= 4 is 5.97 Å². The average molecular weight is 208 g/mol. The maximum Gasteiger partial charge on any atom is 0.303 e. The molecule has 3 rings (SSSR count). The smallest absolute Gasteiger partial charge is 0.303 e. The summed E-state index contributed by atoms with van der Waals surface area (Å²) in [5, 5.41) is 9.04. The minimum atomic E-state index is -0.573. The van der Waals surface area contributed by atoms with E-state index in [-0.39, 0.29) is 5.41 Å². The van der Waals surface area contributed by atoms with Gasteiger partial charge in [0.1, 0.15) is 0 Å². The first-order chi connectivity index (χ1) is 7.17. The molecule has 2 heteroatoms. The van der Waals surface area contributed by atoms with E-state index in [0.717, 1.165) is 17.8 Å². The topological polar surface area (TPSA) is 37.3 Å². The van der Waals surface area contributed by atoms with E-state index < -0.39 is 5.97 Å². The molecule has 3 fully saturated rings. The van der Waals surface area contributed by atoms with Gasteiger partial charge in [-0.1, -0.05) is 19.3 Å². The molecular formula is C13H20O2. The largest absolute Gasteiger partial charge is 0.481 e. The summed E-state index contributed by atoms with van der Waals surface area (Å²) in [5.74, 6) is 2.04. The van der Waals surface area contributed by atoms with Crippen molar-refractivity contribution < 1.29 is 9.90 Å². The molecule has 4 unspecified atom stereocenters. The Hall–Kier alpha value is -0.530. The van der Waals surface area contributed by atoms with Crippen molar-refractivity contribution in [1.29, 1.82) is 0 Å². The predicted molar refractivity (Wildman–Crippen MR) is 57.5 cm³/mol. The SMILES string of the molecule is O=C(O)CC12CC3CCCC(C1)C(C3)C2. The second-order valence-corrected chi connectivity index (χ2v) is 6.24. The van der Waals surface area contributed by atoms with Gasteiger partial charge in [-0.25, -0.2) is 0 Å². The number of fused-ring (bicyclic) bond motifs is 2. The van der Waals surface area contributed by atoms with E-state index in [1.165, 1.54) is 44.9 Å². The Kier molecular flexibility index (Phi) is 2.08. The van der Waals surface area contributed by atoms with E-state index in [1.54, 1.807) is 0 Å². The molecular weight excluding hydrogens is 188 g/mol. The van der Waals surface area contributed by atoms with E-state index in [9.17, 15) is 4.79 Å². The zero-order valence-corrected chi connectivity index (χ0v) is 9.24. The summed E-state index contributed by atoms with van der Waals surface area (Å²) >= 11 is 0. The van der Waals surface area contributed by atoms with Crippen molar-refractivity contribution in [2.24, 2.45) is 23.2 Å². The molecule has 0 aromatic carbocycles. The first-order valence-electron chi connectivity index (χ1n) is 6.39. The van der Waals surface area contributed by atoms with Crippen LogP contribution in [0, 0.1) is 23.2 Å². The average Bonchev–Trinajstić information content (AvgIpc) is 2.26. The first kappa shape index (κ1) is 9.68. The van der Waals surface area contributed by atoms with Gasteiger partial charge in [-0.2, -0.15) is 0 Å². The molecule has 3 saturated carbocycles. The van der Waals surface area contributed by atoms with Crippen LogP contribution in [0.15, 0.2) is 0 Å². The molecule has 0 spiro atoms. The lowest BCUT2D eigenvalue weighted by Gasteiger charge is -2.36. The highest BCUT2D eigenvalue weighted by Crippen LogP contribution is 2.61. The van der Waals surface area contributed by atoms with Gasteiger partial charge in [0.2, 0.25) is 0 Å².